The minimum atomic E-state index is 0.634. The largest absolute Gasteiger partial charge is 0.309 e. The fourth-order valence-electron chi connectivity index (χ4n) is 1.46. The first-order valence-corrected chi connectivity index (χ1v) is 5.33. The molecule has 0 bridgehead atoms. The molecule has 78 valence electrons. The number of hydrogen-bond acceptors (Lipinski definition) is 1. The van der Waals surface area contributed by atoms with Crippen molar-refractivity contribution in [1.29, 1.82) is 0 Å². The van der Waals surface area contributed by atoms with Crippen LogP contribution in [-0.2, 0) is 6.42 Å². The maximum Gasteiger partial charge on any atom is 0.00157 e. The summed E-state index contributed by atoms with van der Waals surface area (Å²) in [6.07, 6.45) is 1.15. The molecule has 0 saturated heterocycles. The average molecular weight is 191 g/mol. The van der Waals surface area contributed by atoms with Gasteiger partial charge in [-0.2, -0.15) is 0 Å². The van der Waals surface area contributed by atoms with Crippen molar-refractivity contribution in [3.05, 3.63) is 35.4 Å². The minimum absolute atomic E-state index is 0.634. The van der Waals surface area contributed by atoms with Crippen LogP contribution in [0.1, 0.15) is 30.9 Å². The normalized spacial score (nSPS) is 11.3. The van der Waals surface area contributed by atoms with Crippen LogP contribution in [0.4, 0.5) is 0 Å². The molecule has 0 amide bonds. The van der Waals surface area contributed by atoms with Gasteiger partial charge in [-0.1, -0.05) is 38.1 Å². The molecule has 0 radical (unpaired) electrons. The van der Waals surface area contributed by atoms with Crippen molar-refractivity contribution in [3.63, 3.8) is 0 Å². The number of nitrogens with zero attached hydrogens (tertiary/aromatic N) is 1. The molecule has 1 rings (SSSR count). The van der Waals surface area contributed by atoms with E-state index in [9.17, 15) is 0 Å². The quantitative estimate of drug-likeness (QED) is 0.707. The maximum absolute atomic E-state index is 2.33. The standard InChI is InChI=1S/C13H21N/c1-11(2)13-7-5-6-12(10-13)8-9-14(3)4/h5-7,10-11H,8-9H2,1-4H3. The second kappa shape index (κ2) is 5.16. The van der Waals surface area contributed by atoms with Gasteiger partial charge in [-0.15, -0.1) is 0 Å². The van der Waals surface area contributed by atoms with Crippen LogP contribution in [0.2, 0.25) is 0 Å². The van der Waals surface area contributed by atoms with Gasteiger partial charge in [-0.25, -0.2) is 0 Å². The fourth-order valence-corrected chi connectivity index (χ4v) is 1.46. The van der Waals surface area contributed by atoms with E-state index in [2.05, 4.69) is 57.1 Å². The lowest BCUT2D eigenvalue weighted by atomic mass is 10.00. The highest BCUT2D eigenvalue weighted by atomic mass is 15.0. The van der Waals surface area contributed by atoms with Gasteiger partial charge in [-0.05, 0) is 37.6 Å². The van der Waals surface area contributed by atoms with Crippen LogP contribution < -0.4 is 0 Å². The molecule has 0 fully saturated rings. The maximum atomic E-state index is 2.33. The van der Waals surface area contributed by atoms with E-state index >= 15 is 0 Å². The summed E-state index contributed by atoms with van der Waals surface area (Å²) in [5.41, 5.74) is 2.89. The van der Waals surface area contributed by atoms with E-state index in [1.165, 1.54) is 11.1 Å². The number of hydrogen-bond donors (Lipinski definition) is 0. The van der Waals surface area contributed by atoms with Crippen molar-refractivity contribution < 1.29 is 0 Å². The highest BCUT2D eigenvalue weighted by Crippen LogP contribution is 2.15. The lowest BCUT2D eigenvalue weighted by Gasteiger charge is -2.11. The van der Waals surface area contributed by atoms with Crippen LogP contribution in [0.25, 0.3) is 0 Å². The third-order valence-corrected chi connectivity index (χ3v) is 2.47. The van der Waals surface area contributed by atoms with Gasteiger partial charge in [0.2, 0.25) is 0 Å². The molecule has 0 saturated carbocycles. The first kappa shape index (κ1) is 11.3. The van der Waals surface area contributed by atoms with Gasteiger partial charge < -0.3 is 4.90 Å². The molecule has 0 atom stereocenters. The Balaban J connectivity index is 2.64. The SMILES string of the molecule is CC(C)c1cccc(CCN(C)C)c1. The first-order valence-electron chi connectivity index (χ1n) is 5.33. The molecule has 0 aliphatic carbocycles. The molecule has 0 heterocycles. The highest BCUT2D eigenvalue weighted by molar-refractivity contribution is 5.25. The second-order valence-electron chi connectivity index (χ2n) is 4.45. The van der Waals surface area contributed by atoms with Gasteiger partial charge in [0, 0.05) is 6.54 Å². The molecule has 1 aromatic rings. The van der Waals surface area contributed by atoms with Gasteiger partial charge in [0.05, 0.1) is 0 Å². The summed E-state index contributed by atoms with van der Waals surface area (Å²) < 4.78 is 0. The van der Waals surface area contributed by atoms with Gasteiger partial charge in [0.1, 0.15) is 0 Å². The molecule has 14 heavy (non-hydrogen) atoms. The summed E-state index contributed by atoms with van der Waals surface area (Å²) in [6.45, 7) is 5.61. The smallest absolute Gasteiger partial charge is 0.00157 e. The summed E-state index contributed by atoms with van der Waals surface area (Å²) in [4.78, 5) is 2.22. The third kappa shape index (κ3) is 3.51. The fraction of sp³-hybridized carbons (Fsp3) is 0.538. The van der Waals surface area contributed by atoms with Crippen molar-refractivity contribution in [2.45, 2.75) is 26.2 Å². The Labute approximate surface area is 87.7 Å². The molecule has 0 aliphatic heterocycles. The summed E-state index contributed by atoms with van der Waals surface area (Å²) in [5.74, 6) is 0.634. The Morgan fingerprint density at radius 1 is 1.21 bits per heavy atom. The molecule has 0 aromatic heterocycles. The van der Waals surface area contributed by atoms with Crippen LogP contribution in [-0.4, -0.2) is 25.5 Å². The van der Waals surface area contributed by atoms with Crippen molar-refractivity contribution >= 4 is 0 Å². The van der Waals surface area contributed by atoms with Crippen molar-refractivity contribution in [2.75, 3.05) is 20.6 Å². The van der Waals surface area contributed by atoms with E-state index in [1.54, 1.807) is 0 Å². The molecular formula is C13H21N. The predicted molar refractivity (Wildman–Crippen MR) is 62.8 cm³/mol. The molecule has 0 aliphatic rings. The van der Waals surface area contributed by atoms with Crippen molar-refractivity contribution in [1.82, 2.24) is 4.90 Å². The van der Waals surface area contributed by atoms with E-state index in [4.69, 9.17) is 0 Å². The lowest BCUT2D eigenvalue weighted by molar-refractivity contribution is 0.413. The Morgan fingerprint density at radius 2 is 1.93 bits per heavy atom. The first-order chi connectivity index (χ1) is 6.59. The van der Waals surface area contributed by atoms with Gasteiger partial charge >= 0.3 is 0 Å². The highest BCUT2D eigenvalue weighted by Gasteiger charge is 2.00. The molecule has 1 heteroatoms. The number of rotatable bonds is 4. The van der Waals surface area contributed by atoms with Crippen LogP contribution in [0.15, 0.2) is 24.3 Å². The van der Waals surface area contributed by atoms with E-state index in [0.29, 0.717) is 5.92 Å². The van der Waals surface area contributed by atoms with Crippen LogP contribution in [0.3, 0.4) is 0 Å². The monoisotopic (exact) mass is 191 g/mol. The van der Waals surface area contributed by atoms with Crippen molar-refractivity contribution in [2.24, 2.45) is 0 Å². The van der Waals surface area contributed by atoms with Gasteiger partial charge in [0.15, 0.2) is 0 Å². The van der Waals surface area contributed by atoms with E-state index < -0.39 is 0 Å². The Hall–Kier alpha value is -0.820. The molecule has 1 nitrogen and oxygen atoms in total. The topological polar surface area (TPSA) is 3.24 Å². The van der Waals surface area contributed by atoms with Crippen LogP contribution >= 0.6 is 0 Å². The predicted octanol–water partition coefficient (Wildman–Crippen LogP) is 2.91. The molecule has 1 aromatic carbocycles. The summed E-state index contributed by atoms with van der Waals surface area (Å²) >= 11 is 0. The second-order valence-corrected chi connectivity index (χ2v) is 4.45. The molecule has 0 unspecified atom stereocenters. The molecule has 0 N–H and O–H groups in total. The van der Waals surface area contributed by atoms with Crippen LogP contribution in [0, 0.1) is 0 Å². The summed E-state index contributed by atoms with van der Waals surface area (Å²) in [7, 11) is 4.23. The molecule has 0 spiro atoms. The summed E-state index contributed by atoms with van der Waals surface area (Å²) in [5, 5.41) is 0. The summed E-state index contributed by atoms with van der Waals surface area (Å²) in [6, 6.07) is 8.92. The Morgan fingerprint density at radius 3 is 2.50 bits per heavy atom. The zero-order valence-corrected chi connectivity index (χ0v) is 9.75. The van der Waals surface area contributed by atoms with Gasteiger partial charge in [-0.3, -0.25) is 0 Å². The number of benzene rings is 1. The van der Waals surface area contributed by atoms with E-state index in [0.717, 1.165) is 13.0 Å². The third-order valence-electron chi connectivity index (χ3n) is 2.47. The Bertz CT molecular complexity index is 276. The number of likely N-dealkylation sites (N-methyl/N-ethyl adjacent to an activating group) is 1. The minimum Gasteiger partial charge on any atom is -0.309 e. The Kier molecular flexibility index (Phi) is 4.15. The molecular weight excluding hydrogens is 170 g/mol. The zero-order chi connectivity index (χ0) is 10.6. The van der Waals surface area contributed by atoms with E-state index in [1.807, 2.05) is 0 Å². The zero-order valence-electron chi connectivity index (χ0n) is 9.75. The van der Waals surface area contributed by atoms with Gasteiger partial charge in [0.25, 0.3) is 0 Å². The van der Waals surface area contributed by atoms with Crippen molar-refractivity contribution in [3.8, 4) is 0 Å². The van der Waals surface area contributed by atoms with E-state index in [-0.39, 0.29) is 0 Å². The average Bonchev–Trinajstić information content (AvgIpc) is 2.15. The lowest BCUT2D eigenvalue weighted by Crippen LogP contribution is -2.15. The van der Waals surface area contributed by atoms with Crippen LogP contribution in [0.5, 0.6) is 0 Å².